The lowest BCUT2D eigenvalue weighted by Gasteiger charge is -2.22. The predicted octanol–water partition coefficient (Wildman–Crippen LogP) is 3.97. The van der Waals surface area contributed by atoms with E-state index in [-0.39, 0.29) is 17.0 Å². The highest BCUT2D eigenvalue weighted by molar-refractivity contribution is 7.99. The van der Waals surface area contributed by atoms with Gasteiger partial charge in [-0.25, -0.2) is 8.96 Å². The van der Waals surface area contributed by atoms with Gasteiger partial charge in [0, 0.05) is 17.2 Å². The summed E-state index contributed by atoms with van der Waals surface area (Å²) in [5, 5.41) is 8.82. The number of thioether (sulfide) groups is 1. The molecule has 3 aromatic rings. The fourth-order valence-corrected chi connectivity index (χ4v) is 3.94. The van der Waals surface area contributed by atoms with Crippen molar-refractivity contribution >= 4 is 17.7 Å². The first-order valence-corrected chi connectivity index (χ1v) is 8.59. The van der Waals surface area contributed by atoms with Crippen LogP contribution in [-0.2, 0) is 0 Å². The van der Waals surface area contributed by atoms with E-state index in [0.29, 0.717) is 17.4 Å². The third kappa shape index (κ3) is 2.91. The van der Waals surface area contributed by atoms with Gasteiger partial charge in [-0.3, -0.25) is 4.79 Å². The summed E-state index contributed by atoms with van der Waals surface area (Å²) < 4.78 is 19.8. The molecule has 0 bridgehead atoms. The molecular formula is C18H14FN3O2S. The Labute approximate surface area is 147 Å². The predicted molar refractivity (Wildman–Crippen MR) is 92.3 cm³/mol. The number of carbonyl (C=O) groups excluding carboxylic acids is 1. The van der Waals surface area contributed by atoms with E-state index in [4.69, 9.17) is 4.74 Å². The molecule has 2 heterocycles. The summed E-state index contributed by atoms with van der Waals surface area (Å²) in [6.07, 6.45) is 0.310. The van der Waals surface area contributed by atoms with Crippen molar-refractivity contribution < 1.29 is 13.9 Å². The van der Waals surface area contributed by atoms with E-state index >= 15 is 0 Å². The molecule has 0 spiro atoms. The van der Waals surface area contributed by atoms with Crippen LogP contribution in [0.3, 0.4) is 0 Å². The third-order valence-corrected chi connectivity index (χ3v) is 5.28. The van der Waals surface area contributed by atoms with Gasteiger partial charge < -0.3 is 4.74 Å². The van der Waals surface area contributed by atoms with Crippen LogP contribution in [0.5, 0.6) is 5.75 Å². The van der Waals surface area contributed by atoms with E-state index in [1.54, 1.807) is 23.8 Å². The average Bonchev–Trinajstić information content (AvgIpc) is 3.07. The van der Waals surface area contributed by atoms with Gasteiger partial charge in [-0.05, 0) is 42.0 Å². The third-order valence-electron chi connectivity index (χ3n) is 4.08. The molecule has 1 aliphatic heterocycles. The molecule has 0 fully saturated rings. The molecule has 0 aliphatic carbocycles. The monoisotopic (exact) mass is 355 g/mol. The van der Waals surface area contributed by atoms with Gasteiger partial charge in [0.2, 0.25) is 5.91 Å². The van der Waals surface area contributed by atoms with Crippen LogP contribution in [0.4, 0.5) is 4.39 Å². The zero-order valence-electron chi connectivity index (χ0n) is 13.3. The molecule has 1 aliphatic rings. The highest BCUT2D eigenvalue weighted by Crippen LogP contribution is 2.42. The van der Waals surface area contributed by atoms with Gasteiger partial charge in [-0.1, -0.05) is 23.9 Å². The maximum atomic E-state index is 13.1. The largest absolute Gasteiger partial charge is 0.497 e. The van der Waals surface area contributed by atoms with Crippen molar-refractivity contribution in [3.05, 3.63) is 59.9 Å². The van der Waals surface area contributed by atoms with E-state index in [2.05, 4.69) is 10.2 Å². The molecule has 1 atom stereocenters. The molecule has 0 unspecified atom stereocenters. The maximum absolute atomic E-state index is 13.1. The second-order valence-electron chi connectivity index (χ2n) is 5.63. The Morgan fingerprint density at radius 3 is 2.52 bits per heavy atom. The Hall–Kier alpha value is -2.67. The number of carbonyl (C=O) groups is 1. The minimum atomic E-state index is -0.291. The van der Waals surface area contributed by atoms with Gasteiger partial charge in [0.25, 0.3) is 0 Å². The van der Waals surface area contributed by atoms with Crippen LogP contribution in [0.1, 0.15) is 22.0 Å². The quantitative estimate of drug-likeness (QED) is 0.711. The lowest BCUT2D eigenvalue weighted by Crippen LogP contribution is -2.20. The molecule has 0 amide bonds. The van der Waals surface area contributed by atoms with Gasteiger partial charge in [0.05, 0.1) is 7.11 Å². The molecule has 0 N–H and O–H groups in total. The fourth-order valence-electron chi connectivity index (χ4n) is 2.78. The van der Waals surface area contributed by atoms with Crippen LogP contribution < -0.4 is 4.74 Å². The van der Waals surface area contributed by atoms with Crippen molar-refractivity contribution in [1.29, 1.82) is 0 Å². The molecule has 1 aromatic heterocycles. The maximum Gasteiger partial charge on any atom is 0.235 e. The van der Waals surface area contributed by atoms with E-state index in [9.17, 15) is 9.18 Å². The standard InChI is InChI=1S/C18H14FN3O2S/c1-24-14-8-4-12(5-9-14)17-20-21-18-22(17)16(23)10-15(25-18)11-2-6-13(19)7-3-11/h2-9,15H,10H2,1H3/t15-/m0/s1. The first kappa shape index (κ1) is 15.8. The number of aromatic nitrogens is 3. The Morgan fingerprint density at radius 2 is 1.84 bits per heavy atom. The summed E-state index contributed by atoms with van der Waals surface area (Å²) in [6.45, 7) is 0. The van der Waals surface area contributed by atoms with E-state index in [1.165, 1.54) is 23.9 Å². The summed E-state index contributed by atoms with van der Waals surface area (Å²) in [6, 6.07) is 13.6. The van der Waals surface area contributed by atoms with Crippen molar-refractivity contribution in [3.63, 3.8) is 0 Å². The summed E-state index contributed by atoms with van der Waals surface area (Å²) in [4.78, 5) is 12.7. The molecule has 7 heteroatoms. The topological polar surface area (TPSA) is 57.0 Å². The summed E-state index contributed by atoms with van der Waals surface area (Å²) in [5.41, 5.74) is 1.70. The Balaban J connectivity index is 1.66. The number of nitrogens with zero attached hydrogens (tertiary/aromatic N) is 3. The van der Waals surface area contributed by atoms with Crippen molar-refractivity contribution in [2.45, 2.75) is 16.8 Å². The molecule has 0 saturated heterocycles. The second-order valence-corrected chi connectivity index (χ2v) is 6.80. The van der Waals surface area contributed by atoms with Crippen molar-refractivity contribution in [2.75, 3.05) is 7.11 Å². The van der Waals surface area contributed by atoms with Crippen LogP contribution in [0, 0.1) is 5.82 Å². The molecule has 5 nitrogen and oxygen atoms in total. The number of ether oxygens (including phenoxy) is 1. The number of halogens is 1. The van der Waals surface area contributed by atoms with Gasteiger partial charge in [0.15, 0.2) is 11.0 Å². The molecule has 2 aromatic carbocycles. The minimum absolute atomic E-state index is 0.0705. The van der Waals surface area contributed by atoms with Crippen LogP contribution in [0.15, 0.2) is 53.7 Å². The van der Waals surface area contributed by atoms with Crippen LogP contribution >= 0.6 is 11.8 Å². The number of hydrogen-bond donors (Lipinski definition) is 0. The minimum Gasteiger partial charge on any atom is -0.497 e. The number of methoxy groups -OCH3 is 1. The van der Waals surface area contributed by atoms with Crippen LogP contribution in [-0.4, -0.2) is 27.8 Å². The lowest BCUT2D eigenvalue weighted by molar-refractivity contribution is 0.0888. The Morgan fingerprint density at radius 1 is 1.12 bits per heavy atom. The molecule has 126 valence electrons. The lowest BCUT2D eigenvalue weighted by atomic mass is 10.1. The number of hydrogen-bond acceptors (Lipinski definition) is 5. The van der Waals surface area contributed by atoms with Crippen molar-refractivity contribution in [2.24, 2.45) is 0 Å². The molecule has 0 radical (unpaired) electrons. The SMILES string of the molecule is COc1ccc(-c2nnc3n2C(=O)C[C@@H](c2ccc(F)cc2)S3)cc1. The van der Waals surface area contributed by atoms with Crippen LogP contribution in [0.2, 0.25) is 0 Å². The van der Waals surface area contributed by atoms with Crippen molar-refractivity contribution in [3.8, 4) is 17.1 Å². The van der Waals surface area contributed by atoms with E-state index in [1.807, 2.05) is 24.3 Å². The molecule has 25 heavy (non-hydrogen) atoms. The van der Waals surface area contributed by atoms with E-state index < -0.39 is 0 Å². The number of rotatable bonds is 3. The highest BCUT2D eigenvalue weighted by atomic mass is 32.2. The van der Waals surface area contributed by atoms with Crippen LogP contribution in [0.25, 0.3) is 11.4 Å². The average molecular weight is 355 g/mol. The zero-order valence-corrected chi connectivity index (χ0v) is 14.2. The second kappa shape index (κ2) is 6.33. The first-order chi connectivity index (χ1) is 12.2. The summed E-state index contributed by atoms with van der Waals surface area (Å²) in [7, 11) is 1.60. The zero-order chi connectivity index (χ0) is 17.4. The normalized spacial score (nSPS) is 16.6. The molecular weight excluding hydrogens is 341 g/mol. The van der Waals surface area contributed by atoms with E-state index in [0.717, 1.165) is 16.9 Å². The Kier molecular flexibility index (Phi) is 4.01. The summed E-state index contributed by atoms with van der Waals surface area (Å²) >= 11 is 1.46. The first-order valence-electron chi connectivity index (χ1n) is 7.71. The number of benzene rings is 2. The smallest absolute Gasteiger partial charge is 0.235 e. The Bertz CT molecular complexity index is 922. The highest BCUT2D eigenvalue weighted by Gasteiger charge is 2.31. The van der Waals surface area contributed by atoms with Gasteiger partial charge in [0.1, 0.15) is 11.6 Å². The van der Waals surface area contributed by atoms with Crippen molar-refractivity contribution in [1.82, 2.24) is 14.8 Å². The van der Waals surface area contributed by atoms with Gasteiger partial charge >= 0.3 is 0 Å². The van der Waals surface area contributed by atoms with Gasteiger partial charge in [-0.2, -0.15) is 0 Å². The fraction of sp³-hybridized carbons (Fsp3) is 0.167. The van der Waals surface area contributed by atoms with Gasteiger partial charge in [-0.15, -0.1) is 10.2 Å². The molecule has 0 saturated carbocycles. The summed E-state index contributed by atoms with van der Waals surface area (Å²) in [5.74, 6) is 0.895. The number of fused-ring (bicyclic) bond motifs is 1. The molecule has 4 rings (SSSR count).